The van der Waals surface area contributed by atoms with E-state index in [1.807, 2.05) is 71.2 Å². The van der Waals surface area contributed by atoms with Gasteiger partial charge in [-0.15, -0.1) is 0 Å². The number of hydrogen-bond donors (Lipinski definition) is 3. The fraction of sp³-hybridized carbons (Fsp3) is 0.341. The summed E-state index contributed by atoms with van der Waals surface area (Å²) in [6.07, 6.45) is 1.53. The first-order valence-corrected chi connectivity index (χ1v) is 18.5. The van der Waals surface area contributed by atoms with Crippen LogP contribution in [0.1, 0.15) is 41.8 Å². The number of pyridine rings is 1. The number of alkyl halides is 2. The highest BCUT2D eigenvalue weighted by molar-refractivity contribution is 5.97. The van der Waals surface area contributed by atoms with Gasteiger partial charge in [-0.2, -0.15) is 5.10 Å². The molecule has 3 N–H and O–H groups in total. The fourth-order valence-electron chi connectivity index (χ4n) is 7.90. The lowest BCUT2D eigenvalue weighted by Crippen LogP contribution is -2.22. The molecule has 0 unspecified atom stereocenters. The summed E-state index contributed by atoms with van der Waals surface area (Å²) in [5, 5.41) is 28.4. The third-order valence-corrected chi connectivity index (χ3v) is 10.8. The Hall–Kier alpha value is -5.77. The number of benzene rings is 3. The Bertz CT molecular complexity index is 2420. The van der Waals surface area contributed by atoms with Crippen LogP contribution >= 0.6 is 0 Å². The number of aliphatic hydroxyl groups excluding tert-OH is 1. The number of nitrogens with one attached hydrogen (secondary N) is 1. The molecule has 13 nitrogen and oxygen atoms in total. The van der Waals surface area contributed by atoms with Crippen molar-refractivity contribution < 1.29 is 33.3 Å². The Morgan fingerprint density at radius 1 is 0.946 bits per heavy atom. The van der Waals surface area contributed by atoms with Gasteiger partial charge in [0, 0.05) is 62.1 Å². The average molecular weight is 765 g/mol. The summed E-state index contributed by atoms with van der Waals surface area (Å²) < 4.78 is 41.8. The zero-order chi connectivity index (χ0) is 39.1. The van der Waals surface area contributed by atoms with Crippen LogP contribution in [-0.2, 0) is 17.9 Å². The topological polar surface area (TPSA) is 151 Å². The summed E-state index contributed by atoms with van der Waals surface area (Å²) in [6.45, 7) is 5.40. The number of methoxy groups -OCH3 is 2. The molecule has 15 heteroatoms. The maximum atomic E-state index is 14.1. The van der Waals surface area contributed by atoms with Gasteiger partial charge in [0.25, 0.3) is 6.43 Å². The van der Waals surface area contributed by atoms with Gasteiger partial charge in [0.05, 0.1) is 54.7 Å². The lowest BCUT2D eigenvalue weighted by molar-refractivity contribution is -0.141. The molecule has 0 spiro atoms. The molecule has 2 fully saturated rings. The number of halogens is 2. The SMILES string of the molecule is COc1cc(-n2ncc3c(-c4cccc(Nc5nc(C(F)F)nc6cc(CN7CC[C@@H](C(=O)O)C7)cnc56)c4C)cccc32)cc(OC)c1CN1CC[C@@H](O)C1. The maximum Gasteiger partial charge on any atom is 0.307 e. The molecule has 5 heterocycles. The number of anilines is 2. The molecule has 0 amide bonds. The van der Waals surface area contributed by atoms with Crippen LogP contribution in [0.4, 0.5) is 20.3 Å². The number of rotatable bonds is 12. The summed E-state index contributed by atoms with van der Waals surface area (Å²) >= 11 is 0. The van der Waals surface area contributed by atoms with Crippen molar-refractivity contribution in [1.82, 2.24) is 34.5 Å². The van der Waals surface area contributed by atoms with Crippen LogP contribution in [0.3, 0.4) is 0 Å². The number of aromatic nitrogens is 5. The lowest BCUT2D eigenvalue weighted by Gasteiger charge is -2.20. The molecule has 0 radical (unpaired) electrons. The minimum absolute atomic E-state index is 0.155. The third kappa shape index (κ3) is 7.20. The van der Waals surface area contributed by atoms with Crippen LogP contribution in [0.25, 0.3) is 38.8 Å². The van der Waals surface area contributed by atoms with Crippen molar-refractivity contribution in [3.05, 3.63) is 89.5 Å². The van der Waals surface area contributed by atoms with Crippen molar-refractivity contribution in [1.29, 1.82) is 0 Å². The van der Waals surface area contributed by atoms with E-state index in [-0.39, 0.29) is 17.4 Å². The Kier molecular flexibility index (Phi) is 10.2. The van der Waals surface area contributed by atoms with Crippen molar-refractivity contribution in [3.8, 4) is 28.3 Å². The highest BCUT2D eigenvalue weighted by Crippen LogP contribution is 2.39. The van der Waals surface area contributed by atoms with Crippen LogP contribution < -0.4 is 14.8 Å². The van der Waals surface area contributed by atoms with E-state index in [2.05, 4.69) is 25.2 Å². The van der Waals surface area contributed by atoms with E-state index in [9.17, 15) is 23.8 Å². The molecular formula is C41H42F2N8O5. The molecule has 2 aliphatic rings. The second kappa shape index (κ2) is 15.4. The quantitative estimate of drug-likeness (QED) is 0.125. The number of aliphatic hydroxyl groups is 1. The van der Waals surface area contributed by atoms with Gasteiger partial charge < -0.3 is 25.0 Å². The largest absolute Gasteiger partial charge is 0.496 e. The first kappa shape index (κ1) is 37.2. The third-order valence-electron chi connectivity index (χ3n) is 10.8. The van der Waals surface area contributed by atoms with Gasteiger partial charge >= 0.3 is 5.97 Å². The van der Waals surface area contributed by atoms with Gasteiger partial charge in [-0.05, 0) is 66.8 Å². The number of ether oxygens (including phenoxy) is 2. The van der Waals surface area contributed by atoms with Gasteiger partial charge in [0.2, 0.25) is 0 Å². The molecular weight excluding hydrogens is 722 g/mol. The Labute approximate surface area is 321 Å². The highest BCUT2D eigenvalue weighted by Gasteiger charge is 2.28. The van der Waals surface area contributed by atoms with E-state index >= 15 is 0 Å². The van der Waals surface area contributed by atoms with Crippen molar-refractivity contribution in [2.24, 2.45) is 5.92 Å². The van der Waals surface area contributed by atoms with Crippen LogP contribution in [0, 0.1) is 12.8 Å². The number of β-amino-alcohol motifs (C(OH)–C–C–N with tert-alkyl or cyclic N) is 1. The van der Waals surface area contributed by atoms with Crippen LogP contribution in [0.5, 0.6) is 11.5 Å². The molecule has 2 aliphatic heterocycles. The molecule has 0 bridgehead atoms. The van der Waals surface area contributed by atoms with Crippen molar-refractivity contribution in [3.63, 3.8) is 0 Å². The molecule has 8 rings (SSSR count). The van der Waals surface area contributed by atoms with E-state index in [0.29, 0.717) is 61.8 Å². The molecule has 290 valence electrons. The van der Waals surface area contributed by atoms with Gasteiger partial charge in [0.15, 0.2) is 11.6 Å². The van der Waals surface area contributed by atoms with Crippen LogP contribution in [-0.4, -0.2) is 97.2 Å². The Morgan fingerprint density at radius 2 is 1.68 bits per heavy atom. The predicted molar refractivity (Wildman–Crippen MR) is 207 cm³/mol. The molecule has 56 heavy (non-hydrogen) atoms. The van der Waals surface area contributed by atoms with E-state index in [1.165, 1.54) is 0 Å². The first-order valence-electron chi connectivity index (χ1n) is 18.5. The van der Waals surface area contributed by atoms with Crippen molar-refractivity contribution >= 4 is 39.4 Å². The molecule has 2 saturated heterocycles. The number of hydrogen-bond acceptors (Lipinski definition) is 11. The minimum atomic E-state index is -2.91. The lowest BCUT2D eigenvalue weighted by atomic mass is 9.96. The second-order valence-electron chi connectivity index (χ2n) is 14.4. The summed E-state index contributed by atoms with van der Waals surface area (Å²) in [7, 11) is 3.26. The van der Waals surface area contributed by atoms with E-state index in [4.69, 9.17) is 14.6 Å². The number of carbonyl (C=O) groups is 1. The number of nitrogens with zero attached hydrogens (tertiary/aromatic N) is 7. The summed E-state index contributed by atoms with van der Waals surface area (Å²) in [6, 6.07) is 17.3. The predicted octanol–water partition coefficient (Wildman–Crippen LogP) is 6.51. The van der Waals surface area contributed by atoms with Gasteiger partial charge in [-0.25, -0.2) is 23.4 Å². The van der Waals surface area contributed by atoms with Crippen LogP contribution in [0.15, 0.2) is 67.0 Å². The van der Waals surface area contributed by atoms with Gasteiger partial charge in [-0.1, -0.05) is 24.3 Å². The van der Waals surface area contributed by atoms with Crippen molar-refractivity contribution in [2.75, 3.05) is 45.7 Å². The molecule has 0 saturated carbocycles. The minimum Gasteiger partial charge on any atom is -0.496 e. The molecule has 2 atom stereocenters. The van der Waals surface area contributed by atoms with Gasteiger partial charge in [-0.3, -0.25) is 19.6 Å². The van der Waals surface area contributed by atoms with Crippen molar-refractivity contribution in [2.45, 2.75) is 45.4 Å². The smallest absolute Gasteiger partial charge is 0.307 e. The summed E-state index contributed by atoms with van der Waals surface area (Å²) in [4.78, 5) is 28.6. The Balaban J connectivity index is 1.11. The normalized spacial score (nSPS) is 17.7. The highest BCUT2D eigenvalue weighted by atomic mass is 19.3. The standard InChI is InChI=1S/C41H42F2N8O5/c1-23-28(29-7-5-9-34-30(29)18-45-51(34)26-15-35(55-2)31(36(16-26)56-3)22-50-13-11-27(52)21-50)6-4-8-32(23)46-39-37-33(47-40(48-39)38(42)43)14-24(17-44-37)19-49-12-10-25(20-49)41(53)54/h4-9,14-18,25,27,38,52H,10-13,19-22H2,1-3H3,(H,53,54)(H,46,47,48)/t25-,27-/m1/s1. The first-order chi connectivity index (χ1) is 27.1. The summed E-state index contributed by atoms with van der Waals surface area (Å²) in [5.41, 5.74) is 7.22. The average Bonchev–Trinajstić information content (AvgIpc) is 3.95. The zero-order valence-corrected chi connectivity index (χ0v) is 31.2. The number of aliphatic carboxylic acids is 1. The Morgan fingerprint density at radius 3 is 2.38 bits per heavy atom. The van der Waals surface area contributed by atoms with E-state index < -0.39 is 24.1 Å². The maximum absolute atomic E-state index is 14.1. The number of fused-ring (bicyclic) bond motifs is 2. The van der Waals surface area contributed by atoms with Crippen LogP contribution in [0.2, 0.25) is 0 Å². The second-order valence-corrected chi connectivity index (χ2v) is 14.4. The molecule has 0 aliphatic carbocycles. The fourth-order valence-corrected chi connectivity index (χ4v) is 7.90. The molecule has 3 aromatic carbocycles. The molecule has 6 aromatic rings. The van der Waals surface area contributed by atoms with Gasteiger partial charge in [0.1, 0.15) is 17.0 Å². The summed E-state index contributed by atoms with van der Waals surface area (Å²) in [5.74, 6) is -0.389. The van der Waals surface area contributed by atoms with E-state index in [1.54, 1.807) is 26.5 Å². The molecule has 3 aromatic heterocycles. The monoisotopic (exact) mass is 764 g/mol. The number of carboxylic acid groups (broad SMARTS) is 1. The van der Waals surface area contributed by atoms with E-state index in [0.717, 1.165) is 57.4 Å². The zero-order valence-electron chi connectivity index (χ0n) is 31.2. The number of carboxylic acids is 1. The number of likely N-dealkylation sites (tertiary alicyclic amines) is 2.